The Morgan fingerprint density at radius 1 is 0.917 bits per heavy atom. The van der Waals surface area contributed by atoms with Gasteiger partial charge in [-0.1, -0.05) is 36.9 Å². The molecular formula is C18H32N2O3Si. The highest BCUT2D eigenvalue weighted by Crippen LogP contribution is 2.14. The molecular weight excluding hydrogens is 320 g/mol. The molecule has 5 nitrogen and oxygen atoms in total. The first-order valence-corrected chi connectivity index (χ1v) is 10.4. The molecule has 0 saturated carbocycles. The van der Waals surface area contributed by atoms with Crippen LogP contribution in [-0.2, 0) is 19.7 Å². The lowest BCUT2D eigenvalue weighted by atomic mass is 10.1. The Bertz CT molecular complexity index is 442. The molecule has 0 aliphatic heterocycles. The van der Waals surface area contributed by atoms with Gasteiger partial charge in [0.15, 0.2) is 0 Å². The highest BCUT2D eigenvalue weighted by atomic mass is 28.4. The molecule has 0 unspecified atom stereocenters. The van der Waals surface area contributed by atoms with Crippen molar-refractivity contribution in [3.63, 3.8) is 0 Å². The minimum Gasteiger partial charge on any atom is -0.377 e. The van der Waals surface area contributed by atoms with Crippen LogP contribution in [0.3, 0.4) is 0 Å². The van der Waals surface area contributed by atoms with Gasteiger partial charge in [-0.2, -0.15) is 0 Å². The molecule has 0 spiro atoms. The minimum absolute atomic E-state index is 0.831. The van der Waals surface area contributed by atoms with Crippen LogP contribution in [0, 0.1) is 0 Å². The highest BCUT2D eigenvalue weighted by Gasteiger charge is 2.36. The van der Waals surface area contributed by atoms with Gasteiger partial charge in [0.2, 0.25) is 0 Å². The lowest BCUT2D eigenvalue weighted by molar-refractivity contribution is 0.123. The van der Waals surface area contributed by atoms with Crippen LogP contribution in [0.25, 0.3) is 6.08 Å². The van der Waals surface area contributed by atoms with E-state index >= 15 is 0 Å². The van der Waals surface area contributed by atoms with Gasteiger partial charge in [-0.25, -0.2) is 0 Å². The summed E-state index contributed by atoms with van der Waals surface area (Å²) in [6, 6.07) is 9.36. The van der Waals surface area contributed by atoms with Crippen LogP contribution in [0.4, 0.5) is 0 Å². The molecule has 0 aliphatic carbocycles. The molecule has 0 aromatic heterocycles. The van der Waals surface area contributed by atoms with Crippen molar-refractivity contribution in [3.05, 3.63) is 42.0 Å². The lowest BCUT2D eigenvalue weighted by Crippen LogP contribution is -2.43. The summed E-state index contributed by atoms with van der Waals surface area (Å²) in [7, 11) is 2.56. The zero-order valence-corrected chi connectivity index (χ0v) is 16.3. The van der Waals surface area contributed by atoms with E-state index in [0.29, 0.717) is 0 Å². The Morgan fingerprint density at radius 3 is 2.04 bits per heavy atom. The Hall–Kier alpha value is -1.02. The standard InChI is InChI=1S/C18H32N2O3Si/c1-5-17-7-9-18(10-8-17)11-13-20-15-14-19-12-6-16-24(21-2,22-3)23-4/h5,7-10,19-20H,1,6,11-16H2,2-4H3. The monoisotopic (exact) mass is 352 g/mol. The van der Waals surface area contributed by atoms with E-state index in [1.165, 1.54) is 11.1 Å². The van der Waals surface area contributed by atoms with Gasteiger partial charge in [0.05, 0.1) is 0 Å². The van der Waals surface area contributed by atoms with Crippen LogP contribution in [0.15, 0.2) is 30.8 Å². The average molecular weight is 353 g/mol. The first-order valence-electron chi connectivity index (χ1n) is 8.48. The van der Waals surface area contributed by atoms with Crippen LogP contribution >= 0.6 is 0 Å². The van der Waals surface area contributed by atoms with Crippen molar-refractivity contribution in [2.45, 2.75) is 18.9 Å². The normalized spacial score (nSPS) is 11.6. The van der Waals surface area contributed by atoms with Gasteiger partial charge in [0.1, 0.15) is 0 Å². The zero-order chi connectivity index (χ0) is 17.7. The van der Waals surface area contributed by atoms with Crippen LogP contribution in [0.2, 0.25) is 6.04 Å². The molecule has 1 aromatic carbocycles. The molecule has 1 aromatic rings. The summed E-state index contributed by atoms with van der Waals surface area (Å²) >= 11 is 0. The molecule has 1 rings (SSSR count). The molecule has 0 atom stereocenters. The van der Waals surface area contributed by atoms with Crippen molar-refractivity contribution in [2.24, 2.45) is 0 Å². The summed E-state index contributed by atoms with van der Waals surface area (Å²) in [4.78, 5) is 0. The predicted molar refractivity (Wildman–Crippen MR) is 102 cm³/mol. The van der Waals surface area contributed by atoms with E-state index in [2.05, 4.69) is 41.5 Å². The number of hydrogen-bond acceptors (Lipinski definition) is 5. The highest BCUT2D eigenvalue weighted by molar-refractivity contribution is 6.60. The maximum absolute atomic E-state index is 5.40. The summed E-state index contributed by atoms with van der Waals surface area (Å²) in [6.45, 7) is 7.62. The quantitative estimate of drug-likeness (QED) is 0.397. The fraction of sp³-hybridized carbons (Fsp3) is 0.556. The number of nitrogens with one attached hydrogen (secondary N) is 2. The second-order valence-corrected chi connectivity index (χ2v) is 8.69. The Morgan fingerprint density at radius 2 is 1.50 bits per heavy atom. The fourth-order valence-corrected chi connectivity index (χ4v) is 4.19. The third-order valence-electron chi connectivity index (χ3n) is 4.05. The average Bonchev–Trinajstić information content (AvgIpc) is 2.64. The molecule has 6 heteroatoms. The van der Waals surface area contributed by atoms with Gasteiger partial charge in [-0.05, 0) is 37.1 Å². The van der Waals surface area contributed by atoms with Crippen LogP contribution in [-0.4, -0.2) is 56.3 Å². The van der Waals surface area contributed by atoms with Crippen LogP contribution < -0.4 is 10.6 Å². The van der Waals surface area contributed by atoms with Gasteiger partial charge < -0.3 is 23.9 Å². The van der Waals surface area contributed by atoms with E-state index in [1.807, 2.05) is 6.08 Å². The van der Waals surface area contributed by atoms with E-state index in [-0.39, 0.29) is 0 Å². The van der Waals surface area contributed by atoms with Crippen molar-refractivity contribution in [3.8, 4) is 0 Å². The van der Waals surface area contributed by atoms with E-state index in [1.54, 1.807) is 21.3 Å². The van der Waals surface area contributed by atoms with Crippen molar-refractivity contribution >= 4 is 14.9 Å². The van der Waals surface area contributed by atoms with Crippen molar-refractivity contribution in [2.75, 3.05) is 47.5 Å². The first kappa shape index (κ1) is 21.0. The van der Waals surface area contributed by atoms with Gasteiger partial charge in [0.25, 0.3) is 0 Å². The first-order chi connectivity index (χ1) is 11.7. The number of rotatable bonds is 14. The van der Waals surface area contributed by atoms with Crippen LogP contribution in [0.5, 0.6) is 0 Å². The molecule has 0 heterocycles. The molecule has 2 N–H and O–H groups in total. The molecule has 0 fully saturated rings. The van der Waals surface area contributed by atoms with Crippen molar-refractivity contribution < 1.29 is 13.3 Å². The van der Waals surface area contributed by atoms with E-state index < -0.39 is 8.80 Å². The number of benzene rings is 1. The fourth-order valence-electron chi connectivity index (χ4n) is 2.47. The van der Waals surface area contributed by atoms with E-state index in [0.717, 1.165) is 45.1 Å². The third-order valence-corrected chi connectivity index (χ3v) is 6.89. The summed E-state index contributed by atoms with van der Waals surface area (Å²) in [5.74, 6) is 0. The Labute approximate surface area is 147 Å². The smallest absolute Gasteiger partial charge is 0.377 e. The molecule has 0 radical (unpaired) electrons. The van der Waals surface area contributed by atoms with Crippen LogP contribution in [0.1, 0.15) is 17.5 Å². The van der Waals surface area contributed by atoms with E-state index in [4.69, 9.17) is 13.3 Å². The molecule has 24 heavy (non-hydrogen) atoms. The van der Waals surface area contributed by atoms with Gasteiger partial charge in [0, 0.05) is 40.5 Å². The largest absolute Gasteiger partial charge is 0.500 e. The summed E-state index contributed by atoms with van der Waals surface area (Å²) in [5, 5.41) is 6.88. The number of hydrogen-bond donors (Lipinski definition) is 2. The summed E-state index contributed by atoms with van der Waals surface area (Å²) in [6.07, 6.45) is 3.89. The Kier molecular flexibility index (Phi) is 10.8. The maximum Gasteiger partial charge on any atom is 0.500 e. The van der Waals surface area contributed by atoms with E-state index in [9.17, 15) is 0 Å². The van der Waals surface area contributed by atoms with Crippen molar-refractivity contribution in [1.29, 1.82) is 0 Å². The molecule has 0 saturated heterocycles. The third kappa shape index (κ3) is 7.70. The minimum atomic E-state index is -2.40. The molecule has 136 valence electrons. The lowest BCUT2D eigenvalue weighted by Gasteiger charge is -2.24. The second kappa shape index (κ2) is 12.4. The van der Waals surface area contributed by atoms with Gasteiger partial charge in [-0.3, -0.25) is 0 Å². The molecule has 0 amide bonds. The van der Waals surface area contributed by atoms with Gasteiger partial charge in [-0.15, -0.1) is 0 Å². The SMILES string of the molecule is C=Cc1ccc(CCNCCNCCC[Si](OC)(OC)OC)cc1. The summed E-state index contributed by atoms with van der Waals surface area (Å²) in [5.41, 5.74) is 2.51. The molecule has 0 bridgehead atoms. The second-order valence-electron chi connectivity index (χ2n) is 5.59. The predicted octanol–water partition coefficient (Wildman–Crippen LogP) is 2.32. The topological polar surface area (TPSA) is 51.8 Å². The molecule has 0 aliphatic rings. The zero-order valence-electron chi connectivity index (χ0n) is 15.3. The maximum atomic E-state index is 5.40. The van der Waals surface area contributed by atoms with Crippen molar-refractivity contribution in [1.82, 2.24) is 10.6 Å². The van der Waals surface area contributed by atoms with Gasteiger partial charge >= 0.3 is 8.80 Å². The Balaban J connectivity index is 2.01. The summed E-state index contributed by atoms with van der Waals surface area (Å²) < 4.78 is 16.2.